The second kappa shape index (κ2) is 5.10. The van der Waals surface area contributed by atoms with Gasteiger partial charge in [-0.1, -0.05) is 32.1 Å². The van der Waals surface area contributed by atoms with E-state index < -0.39 is 11.6 Å². The Morgan fingerprint density at radius 1 is 1.53 bits per heavy atom. The zero-order valence-electron chi connectivity index (χ0n) is 9.20. The molecule has 0 fully saturated rings. The Bertz CT molecular complexity index is 283. The highest BCUT2D eigenvalue weighted by Crippen LogP contribution is 2.32. The van der Waals surface area contributed by atoms with Crippen molar-refractivity contribution in [1.29, 1.82) is 0 Å². The molecule has 1 aliphatic rings. The highest BCUT2D eigenvalue weighted by molar-refractivity contribution is 5.71. The molecule has 15 heavy (non-hydrogen) atoms. The Balaban J connectivity index is 2.52. The largest absolute Gasteiger partial charge is 0.466 e. The number of hydrogen-bond acceptors (Lipinski definition) is 2. The van der Waals surface area contributed by atoms with Crippen LogP contribution >= 0.6 is 0 Å². The lowest BCUT2D eigenvalue weighted by Crippen LogP contribution is -2.33. The molecule has 2 unspecified atom stereocenters. The molecule has 0 aromatic carbocycles. The van der Waals surface area contributed by atoms with E-state index in [1.165, 1.54) is 6.08 Å². The second-order valence-electron chi connectivity index (χ2n) is 3.86. The maximum Gasteiger partial charge on any atom is 0.309 e. The van der Waals surface area contributed by atoms with Gasteiger partial charge in [-0.3, -0.25) is 4.79 Å². The van der Waals surface area contributed by atoms with Crippen LogP contribution in [0, 0.1) is 5.92 Å². The predicted octanol–water partition coefficient (Wildman–Crippen LogP) is 2.80. The summed E-state index contributed by atoms with van der Waals surface area (Å²) in [6, 6.07) is 0. The van der Waals surface area contributed by atoms with E-state index in [9.17, 15) is 9.18 Å². The average Bonchev–Trinajstić information content (AvgIpc) is 2.20. The topological polar surface area (TPSA) is 26.3 Å². The van der Waals surface area contributed by atoms with Gasteiger partial charge in [0.15, 0.2) is 0 Å². The first-order valence-corrected chi connectivity index (χ1v) is 5.29. The fourth-order valence-corrected chi connectivity index (χ4v) is 1.47. The van der Waals surface area contributed by atoms with Gasteiger partial charge in [0.05, 0.1) is 13.0 Å². The lowest BCUT2D eigenvalue weighted by atomic mass is 9.84. The summed E-state index contributed by atoms with van der Waals surface area (Å²) in [4.78, 5) is 11.3. The van der Waals surface area contributed by atoms with Crippen molar-refractivity contribution in [2.45, 2.75) is 32.4 Å². The average molecular weight is 212 g/mol. The Hall–Kier alpha value is -1.12. The number of esters is 1. The molecule has 0 heterocycles. The molecule has 0 aromatic heterocycles. The lowest BCUT2D eigenvalue weighted by molar-refractivity contribution is -0.146. The number of hydrogen-bond donors (Lipinski definition) is 0. The van der Waals surface area contributed by atoms with Crippen LogP contribution in [0.25, 0.3) is 0 Å². The molecule has 0 N–H and O–H groups in total. The monoisotopic (exact) mass is 212 g/mol. The normalized spacial score (nSPS) is 29.1. The quantitative estimate of drug-likeness (QED) is 0.670. The predicted molar refractivity (Wildman–Crippen MR) is 57.2 cm³/mol. The van der Waals surface area contributed by atoms with Crippen LogP contribution in [0.15, 0.2) is 24.3 Å². The van der Waals surface area contributed by atoms with Crippen molar-refractivity contribution in [2.75, 3.05) is 6.61 Å². The molecule has 3 heteroatoms. The Morgan fingerprint density at radius 3 is 2.87 bits per heavy atom. The summed E-state index contributed by atoms with van der Waals surface area (Å²) in [6.45, 7) is 4.03. The smallest absolute Gasteiger partial charge is 0.309 e. The number of halogens is 1. The third kappa shape index (κ3) is 3.18. The Kier molecular flexibility index (Phi) is 4.06. The third-order valence-electron chi connectivity index (χ3n) is 2.52. The molecule has 2 nitrogen and oxygen atoms in total. The van der Waals surface area contributed by atoms with Crippen LogP contribution in [-0.4, -0.2) is 18.2 Å². The van der Waals surface area contributed by atoms with Gasteiger partial charge in [-0.15, -0.1) is 0 Å². The summed E-state index contributed by atoms with van der Waals surface area (Å²) in [5.41, 5.74) is -1.58. The van der Waals surface area contributed by atoms with Gasteiger partial charge in [0.2, 0.25) is 0 Å². The molecule has 84 valence electrons. The van der Waals surface area contributed by atoms with Gasteiger partial charge in [-0.05, 0) is 12.5 Å². The van der Waals surface area contributed by atoms with Crippen LogP contribution in [0.3, 0.4) is 0 Å². The molecule has 0 saturated carbocycles. The van der Waals surface area contributed by atoms with Crippen LogP contribution in [-0.2, 0) is 9.53 Å². The fourth-order valence-electron chi connectivity index (χ4n) is 1.47. The highest BCUT2D eigenvalue weighted by Gasteiger charge is 2.36. The summed E-state index contributed by atoms with van der Waals surface area (Å²) in [6.07, 6.45) is 7.18. The van der Waals surface area contributed by atoms with E-state index in [1.54, 1.807) is 25.2 Å². The van der Waals surface area contributed by atoms with E-state index in [-0.39, 0.29) is 12.3 Å². The molecular formula is C12H17FO2. The van der Waals surface area contributed by atoms with Gasteiger partial charge in [-0.2, -0.15) is 0 Å². The van der Waals surface area contributed by atoms with E-state index >= 15 is 0 Å². The fraction of sp³-hybridized carbons (Fsp3) is 0.583. The molecule has 0 saturated heterocycles. The van der Waals surface area contributed by atoms with Crippen molar-refractivity contribution in [3.63, 3.8) is 0 Å². The first-order valence-electron chi connectivity index (χ1n) is 5.29. The summed E-state index contributed by atoms with van der Waals surface area (Å²) in [5, 5.41) is 0. The van der Waals surface area contributed by atoms with E-state index in [0.29, 0.717) is 6.61 Å². The molecule has 1 aliphatic carbocycles. The zero-order valence-corrected chi connectivity index (χ0v) is 9.20. The number of alkyl halides is 1. The SMILES string of the molecule is CCCOC(=O)CC1(F)C=CC=CC1C. The van der Waals surface area contributed by atoms with Crippen LogP contribution in [0.2, 0.25) is 0 Å². The molecule has 0 radical (unpaired) electrons. The van der Waals surface area contributed by atoms with E-state index in [4.69, 9.17) is 4.74 Å². The molecule has 1 rings (SSSR count). The second-order valence-corrected chi connectivity index (χ2v) is 3.86. The first kappa shape index (κ1) is 12.0. The van der Waals surface area contributed by atoms with Gasteiger partial charge >= 0.3 is 5.97 Å². The van der Waals surface area contributed by atoms with Crippen molar-refractivity contribution < 1.29 is 13.9 Å². The highest BCUT2D eigenvalue weighted by atomic mass is 19.1. The van der Waals surface area contributed by atoms with Crippen molar-refractivity contribution in [2.24, 2.45) is 5.92 Å². The maximum atomic E-state index is 14.2. The molecule has 2 atom stereocenters. The number of allylic oxidation sites excluding steroid dienone is 4. The van der Waals surface area contributed by atoms with Crippen molar-refractivity contribution >= 4 is 5.97 Å². The molecule has 0 bridgehead atoms. The lowest BCUT2D eigenvalue weighted by Gasteiger charge is -2.27. The number of rotatable bonds is 4. The zero-order chi connectivity index (χ0) is 11.3. The molecule has 0 spiro atoms. The van der Waals surface area contributed by atoms with Crippen LogP contribution in [0.1, 0.15) is 26.7 Å². The minimum absolute atomic E-state index is 0.199. The van der Waals surface area contributed by atoms with Crippen molar-refractivity contribution in [1.82, 2.24) is 0 Å². The number of carbonyl (C=O) groups is 1. The number of carbonyl (C=O) groups excluding carboxylic acids is 1. The first-order chi connectivity index (χ1) is 7.08. The van der Waals surface area contributed by atoms with E-state index in [2.05, 4.69) is 0 Å². The van der Waals surface area contributed by atoms with Gasteiger partial charge in [-0.25, -0.2) is 4.39 Å². The molecule has 0 aromatic rings. The van der Waals surface area contributed by atoms with E-state index in [1.807, 2.05) is 6.92 Å². The number of ether oxygens (including phenoxy) is 1. The Morgan fingerprint density at radius 2 is 2.27 bits per heavy atom. The summed E-state index contributed by atoms with van der Waals surface area (Å²) >= 11 is 0. The van der Waals surface area contributed by atoms with Crippen LogP contribution in [0.4, 0.5) is 4.39 Å². The Labute approximate surface area is 89.8 Å². The standard InChI is InChI=1S/C12H17FO2/c1-3-8-15-11(14)9-12(13)7-5-4-6-10(12)2/h4-7,10H,3,8-9H2,1-2H3. The van der Waals surface area contributed by atoms with Gasteiger partial charge in [0.1, 0.15) is 5.67 Å². The van der Waals surface area contributed by atoms with Gasteiger partial charge < -0.3 is 4.74 Å². The van der Waals surface area contributed by atoms with Gasteiger partial charge in [0, 0.05) is 5.92 Å². The molecular weight excluding hydrogens is 195 g/mol. The maximum absolute atomic E-state index is 14.2. The van der Waals surface area contributed by atoms with Crippen molar-refractivity contribution in [3.05, 3.63) is 24.3 Å². The molecule has 0 amide bonds. The van der Waals surface area contributed by atoms with Gasteiger partial charge in [0.25, 0.3) is 0 Å². The minimum Gasteiger partial charge on any atom is -0.466 e. The minimum atomic E-state index is -1.58. The summed E-state index contributed by atoms with van der Waals surface area (Å²) < 4.78 is 19.1. The van der Waals surface area contributed by atoms with Crippen molar-refractivity contribution in [3.8, 4) is 0 Å². The molecule has 0 aliphatic heterocycles. The third-order valence-corrected chi connectivity index (χ3v) is 2.52. The summed E-state index contributed by atoms with van der Waals surface area (Å²) in [7, 11) is 0. The van der Waals surface area contributed by atoms with E-state index in [0.717, 1.165) is 6.42 Å². The van der Waals surface area contributed by atoms with Crippen LogP contribution in [0.5, 0.6) is 0 Å². The summed E-state index contributed by atoms with van der Waals surface area (Å²) in [5.74, 6) is -0.747. The van der Waals surface area contributed by atoms with Crippen LogP contribution < -0.4 is 0 Å².